The quantitative estimate of drug-likeness (QED) is 0.488. The van der Waals surface area contributed by atoms with Crippen molar-refractivity contribution in [2.45, 2.75) is 69.2 Å². The van der Waals surface area contributed by atoms with Crippen molar-refractivity contribution in [3.63, 3.8) is 0 Å². The van der Waals surface area contributed by atoms with Gasteiger partial charge in [-0.3, -0.25) is 14.4 Å². The Balaban J connectivity index is 1.81. The highest BCUT2D eigenvalue weighted by molar-refractivity contribution is 5.99. The zero-order valence-corrected chi connectivity index (χ0v) is 19.7. The van der Waals surface area contributed by atoms with E-state index in [0.717, 1.165) is 18.4 Å². The zero-order chi connectivity index (χ0) is 23.8. The minimum absolute atomic E-state index is 0.232. The third-order valence-electron chi connectivity index (χ3n) is 7.92. The maximum absolute atomic E-state index is 14.1. The van der Waals surface area contributed by atoms with Gasteiger partial charge in [0.05, 0.1) is 30.1 Å². The summed E-state index contributed by atoms with van der Waals surface area (Å²) in [6, 6.07) is 7.62. The van der Waals surface area contributed by atoms with Gasteiger partial charge in [-0.2, -0.15) is 0 Å². The summed E-state index contributed by atoms with van der Waals surface area (Å²) in [5.41, 5.74) is -1.09. The second-order valence-electron chi connectivity index (χ2n) is 9.45. The summed E-state index contributed by atoms with van der Waals surface area (Å²) in [7, 11) is 1.57. The fourth-order valence-corrected chi connectivity index (χ4v) is 6.36. The molecule has 8 nitrogen and oxygen atoms in total. The molecule has 0 saturated carbocycles. The standard InChI is InChI=1S/C25H35N3O5/c1-4-6-14-27-22(31)20-25-13-12-24(5-2,33-25)18(21(30)26-3)19(25)23(32)28(20)17(15-29)16-10-8-7-9-11-16/h7-11,17-20,29H,4-6,12-15H2,1-3H3,(H,26,30)(H,27,31)/t17-,18+,19+,20?,24-,25?/m1/s1. The van der Waals surface area contributed by atoms with Crippen LogP contribution in [0.4, 0.5) is 0 Å². The number of amides is 3. The van der Waals surface area contributed by atoms with Crippen molar-refractivity contribution in [3.8, 4) is 0 Å². The molecule has 2 unspecified atom stereocenters. The largest absolute Gasteiger partial charge is 0.394 e. The number of nitrogens with one attached hydrogen (secondary N) is 2. The SMILES string of the molecule is CCCCNC(=O)C1N([C@H](CO)c2ccccc2)C(=O)[C@@H]2[C@@H](C(=O)NC)[C@@]3(CC)CCC12O3. The van der Waals surface area contributed by atoms with Gasteiger partial charge >= 0.3 is 0 Å². The predicted octanol–water partition coefficient (Wildman–Crippen LogP) is 1.54. The van der Waals surface area contributed by atoms with E-state index in [9.17, 15) is 19.5 Å². The summed E-state index contributed by atoms with van der Waals surface area (Å²) >= 11 is 0. The second-order valence-corrected chi connectivity index (χ2v) is 9.45. The van der Waals surface area contributed by atoms with E-state index in [4.69, 9.17) is 4.74 Å². The Bertz CT molecular complexity index is 909. The number of carbonyl (C=O) groups is 3. The average Bonchev–Trinajstić information content (AvgIpc) is 3.44. The van der Waals surface area contributed by atoms with Gasteiger partial charge in [-0.1, -0.05) is 50.6 Å². The summed E-state index contributed by atoms with van der Waals surface area (Å²) in [6.45, 7) is 4.18. The lowest BCUT2D eigenvalue weighted by Gasteiger charge is -2.37. The summed E-state index contributed by atoms with van der Waals surface area (Å²) in [5, 5.41) is 16.1. The van der Waals surface area contributed by atoms with Gasteiger partial charge in [0.1, 0.15) is 11.6 Å². The Hall–Kier alpha value is -2.45. The van der Waals surface area contributed by atoms with Gasteiger partial charge in [-0.05, 0) is 31.2 Å². The molecule has 0 aromatic heterocycles. The molecule has 3 amide bonds. The first-order chi connectivity index (χ1) is 15.9. The number of rotatable bonds is 9. The maximum Gasteiger partial charge on any atom is 0.245 e. The van der Waals surface area contributed by atoms with Crippen LogP contribution in [0.15, 0.2) is 30.3 Å². The van der Waals surface area contributed by atoms with Crippen LogP contribution in [0.25, 0.3) is 0 Å². The molecule has 0 radical (unpaired) electrons. The fourth-order valence-electron chi connectivity index (χ4n) is 6.36. The molecule has 1 aromatic carbocycles. The van der Waals surface area contributed by atoms with Crippen LogP contribution in [0.1, 0.15) is 57.6 Å². The number of hydrogen-bond acceptors (Lipinski definition) is 5. The Morgan fingerprint density at radius 2 is 1.94 bits per heavy atom. The number of nitrogens with zero attached hydrogens (tertiary/aromatic N) is 1. The maximum atomic E-state index is 14.1. The highest BCUT2D eigenvalue weighted by Crippen LogP contribution is 2.65. The normalized spacial score (nSPS) is 33.2. The molecule has 3 fully saturated rings. The number of ether oxygens (including phenoxy) is 1. The summed E-state index contributed by atoms with van der Waals surface area (Å²) < 4.78 is 6.66. The van der Waals surface area contributed by atoms with Gasteiger partial charge in [0, 0.05) is 13.6 Å². The van der Waals surface area contributed by atoms with E-state index >= 15 is 0 Å². The van der Waals surface area contributed by atoms with Crippen LogP contribution in [0, 0.1) is 11.8 Å². The fraction of sp³-hybridized carbons (Fsp3) is 0.640. The third kappa shape index (κ3) is 3.46. The molecule has 1 spiro atoms. The molecule has 6 atom stereocenters. The van der Waals surface area contributed by atoms with Crippen LogP contribution >= 0.6 is 0 Å². The molecular formula is C25H35N3O5. The van der Waals surface area contributed by atoms with Crippen molar-refractivity contribution in [2.24, 2.45) is 11.8 Å². The molecular weight excluding hydrogens is 422 g/mol. The van der Waals surface area contributed by atoms with Crippen LogP contribution in [0.3, 0.4) is 0 Å². The molecule has 33 heavy (non-hydrogen) atoms. The van der Waals surface area contributed by atoms with E-state index in [-0.39, 0.29) is 24.3 Å². The Morgan fingerprint density at radius 1 is 1.21 bits per heavy atom. The smallest absolute Gasteiger partial charge is 0.245 e. The molecule has 8 heteroatoms. The number of aliphatic hydroxyl groups excluding tert-OH is 1. The molecule has 3 saturated heterocycles. The number of likely N-dealkylation sites (tertiary alicyclic amines) is 1. The Labute approximate surface area is 195 Å². The lowest BCUT2D eigenvalue weighted by Crippen LogP contribution is -2.56. The Morgan fingerprint density at radius 3 is 2.55 bits per heavy atom. The third-order valence-corrected chi connectivity index (χ3v) is 7.92. The van der Waals surface area contributed by atoms with E-state index in [0.29, 0.717) is 25.8 Å². The van der Waals surface area contributed by atoms with Crippen LogP contribution in [-0.4, -0.2) is 65.2 Å². The molecule has 3 aliphatic heterocycles. The number of unbranched alkanes of at least 4 members (excludes halogenated alkanes) is 1. The van der Waals surface area contributed by atoms with E-state index in [1.54, 1.807) is 7.05 Å². The lowest BCUT2D eigenvalue weighted by molar-refractivity contribution is -0.151. The number of aliphatic hydroxyl groups is 1. The van der Waals surface area contributed by atoms with Crippen molar-refractivity contribution < 1.29 is 24.2 Å². The van der Waals surface area contributed by atoms with E-state index < -0.39 is 35.1 Å². The zero-order valence-electron chi connectivity index (χ0n) is 19.7. The number of hydrogen-bond donors (Lipinski definition) is 3. The van der Waals surface area contributed by atoms with E-state index in [1.807, 2.05) is 44.2 Å². The van der Waals surface area contributed by atoms with Gasteiger partial charge in [0.15, 0.2) is 0 Å². The highest BCUT2D eigenvalue weighted by Gasteiger charge is 2.79. The van der Waals surface area contributed by atoms with Crippen LogP contribution < -0.4 is 10.6 Å². The van der Waals surface area contributed by atoms with Crippen molar-refractivity contribution in [1.82, 2.24) is 15.5 Å². The topological polar surface area (TPSA) is 108 Å². The highest BCUT2D eigenvalue weighted by atomic mass is 16.5. The molecule has 1 aromatic rings. The van der Waals surface area contributed by atoms with Crippen molar-refractivity contribution >= 4 is 17.7 Å². The van der Waals surface area contributed by atoms with Gasteiger partial charge in [-0.15, -0.1) is 0 Å². The molecule has 2 bridgehead atoms. The first-order valence-corrected chi connectivity index (χ1v) is 12.1. The first-order valence-electron chi connectivity index (χ1n) is 12.1. The summed E-state index contributed by atoms with van der Waals surface area (Å²) in [5.74, 6) is -2.23. The molecule has 3 aliphatic rings. The molecule has 0 aliphatic carbocycles. The number of fused-ring (bicyclic) bond motifs is 1. The van der Waals surface area contributed by atoms with Gasteiger partial charge in [-0.25, -0.2) is 0 Å². The predicted molar refractivity (Wildman–Crippen MR) is 122 cm³/mol. The number of benzene rings is 1. The summed E-state index contributed by atoms with van der Waals surface area (Å²) in [4.78, 5) is 42.2. The minimum Gasteiger partial charge on any atom is -0.394 e. The van der Waals surface area contributed by atoms with Crippen molar-refractivity contribution in [2.75, 3.05) is 20.2 Å². The van der Waals surface area contributed by atoms with Gasteiger partial charge < -0.3 is 25.4 Å². The van der Waals surface area contributed by atoms with Crippen LogP contribution in [-0.2, 0) is 19.1 Å². The molecule has 4 rings (SSSR count). The first kappa shape index (κ1) is 23.7. The van der Waals surface area contributed by atoms with Gasteiger partial charge in [0.2, 0.25) is 17.7 Å². The van der Waals surface area contributed by atoms with Crippen molar-refractivity contribution in [1.29, 1.82) is 0 Å². The Kier molecular flexibility index (Phi) is 6.51. The average molecular weight is 458 g/mol. The minimum atomic E-state index is -1.08. The van der Waals surface area contributed by atoms with Gasteiger partial charge in [0.25, 0.3) is 0 Å². The van der Waals surface area contributed by atoms with Crippen LogP contribution in [0.5, 0.6) is 0 Å². The van der Waals surface area contributed by atoms with E-state index in [2.05, 4.69) is 10.6 Å². The molecule has 3 N–H and O–H groups in total. The monoisotopic (exact) mass is 457 g/mol. The van der Waals surface area contributed by atoms with Crippen LogP contribution in [0.2, 0.25) is 0 Å². The second kappa shape index (κ2) is 9.06. The molecule has 180 valence electrons. The van der Waals surface area contributed by atoms with Crippen molar-refractivity contribution in [3.05, 3.63) is 35.9 Å². The molecule has 3 heterocycles. The lowest BCUT2D eigenvalue weighted by atomic mass is 9.65. The van der Waals surface area contributed by atoms with E-state index in [1.165, 1.54) is 4.90 Å². The number of carbonyl (C=O) groups excluding carboxylic acids is 3. The summed E-state index contributed by atoms with van der Waals surface area (Å²) in [6.07, 6.45) is 3.49.